The fourth-order valence-electron chi connectivity index (χ4n) is 1.59. The second kappa shape index (κ2) is 6.93. The number of carbonyl (C=O) groups is 1. The number of benzene rings is 1. The Bertz CT molecular complexity index is 396. The molecule has 100 valence electrons. The van der Waals surface area contributed by atoms with Gasteiger partial charge in [-0.2, -0.15) is 8.78 Å². The molecule has 1 aromatic rings. The highest BCUT2D eigenvalue weighted by Gasteiger charge is 2.15. The molecule has 0 aliphatic carbocycles. The predicted molar refractivity (Wildman–Crippen MR) is 65.8 cm³/mol. The summed E-state index contributed by atoms with van der Waals surface area (Å²) in [5, 5.41) is 2.60. The summed E-state index contributed by atoms with van der Waals surface area (Å²) in [6, 6.07) is 6.15. The zero-order valence-electron chi connectivity index (χ0n) is 10.5. The summed E-state index contributed by atoms with van der Waals surface area (Å²) in [6.45, 7) is 0.878. The van der Waals surface area contributed by atoms with Gasteiger partial charge in [0, 0.05) is 5.92 Å². The van der Waals surface area contributed by atoms with Crippen LogP contribution in [0.4, 0.5) is 14.5 Å². The normalized spacial score (nSPS) is 12.3. The van der Waals surface area contributed by atoms with Crippen molar-refractivity contribution in [1.82, 2.24) is 0 Å². The maximum absolute atomic E-state index is 12.2. The first-order valence-electron chi connectivity index (χ1n) is 5.89. The number of hydrogen-bond acceptors (Lipinski definition) is 2. The number of hydrogen-bond donors (Lipinski definition) is 1. The topological polar surface area (TPSA) is 38.3 Å². The van der Waals surface area contributed by atoms with Crippen molar-refractivity contribution in [3.8, 4) is 5.75 Å². The molecule has 0 fully saturated rings. The SMILES string of the molecule is CCCC(C)C(=O)Nc1ccccc1OC(F)F. The van der Waals surface area contributed by atoms with Crippen LogP contribution in [-0.4, -0.2) is 12.5 Å². The molecule has 1 atom stereocenters. The predicted octanol–water partition coefficient (Wildman–Crippen LogP) is 3.66. The highest BCUT2D eigenvalue weighted by molar-refractivity contribution is 5.93. The third-order valence-corrected chi connectivity index (χ3v) is 2.53. The number of ether oxygens (including phenoxy) is 1. The fraction of sp³-hybridized carbons (Fsp3) is 0.462. The summed E-state index contributed by atoms with van der Waals surface area (Å²) < 4.78 is 28.7. The maximum atomic E-state index is 12.2. The van der Waals surface area contributed by atoms with E-state index in [9.17, 15) is 13.6 Å². The van der Waals surface area contributed by atoms with E-state index in [0.29, 0.717) is 0 Å². The van der Waals surface area contributed by atoms with Gasteiger partial charge in [0.25, 0.3) is 0 Å². The van der Waals surface area contributed by atoms with Crippen LogP contribution in [0.25, 0.3) is 0 Å². The van der Waals surface area contributed by atoms with Gasteiger partial charge in [0.1, 0.15) is 5.75 Å². The lowest BCUT2D eigenvalue weighted by Crippen LogP contribution is -2.20. The minimum absolute atomic E-state index is 0.0236. The Morgan fingerprint density at radius 3 is 2.67 bits per heavy atom. The van der Waals surface area contributed by atoms with Gasteiger partial charge < -0.3 is 10.1 Å². The van der Waals surface area contributed by atoms with Crippen molar-refractivity contribution in [3.05, 3.63) is 24.3 Å². The molecular weight excluding hydrogens is 240 g/mol. The maximum Gasteiger partial charge on any atom is 0.387 e. The van der Waals surface area contributed by atoms with Gasteiger partial charge in [0.2, 0.25) is 5.91 Å². The Labute approximate surface area is 105 Å². The van der Waals surface area contributed by atoms with Crippen molar-refractivity contribution < 1.29 is 18.3 Å². The van der Waals surface area contributed by atoms with Crippen LogP contribution in [0, 0.1) is 5.92 Å². The standard InChI is InChI=1S/C13H17F2NO2/c1-3-6-9(2)12(17)16-10-7-4-5-8-11(10)18-13(14)15/h4-5,7-9,13H,3,6H2,1-2H3,(H,16,17). The minimum Gasteiger partial charge on any atom is -0.433 e. The quantitative estimate of drug-likeness (QED) is 0.844. The third-order valence-electron chi connectivity index (χ3n) is 2.53. The van der Waals surface area contributed by atoms with Gasteiger partial charge >= 0.3 is 6.61 Å². The van der Waals surface area contributed by atoms with Gasteiger partial charge in [0.05, 0.1) is 5.69 Å². The van der Waals surface area contributed by atoms with Gasteiger partial charge in [-0.25, -0.2) is 0 Å². The number of rotatable bonds is 6. The van der Waals surface area contributed by atoms with E-state index >= 15 is 0 Å². The van der Waals surface area contributed by atoms with Crippen LogP contribution in [0.15, 0.2) is 24.3 Å². The molecule has 18 heavy (non-hydrogen) atoms. The van der Waals surface area contributed by atoms with Gasteiger partial charge in [-0.15, -0.1) is 0 Å². The molecule has 3 nitrogen and oxygen atoms in total. The second-order valence-corrected chi connectivity index (χ2v) is 4.05. The van der Waals surface area contributed by atoms with Crippen molar-refractivity contribution in [1.29, 1.82) is 0 Å². The van der Waals surface area contributed by atoms with E-state index < -0.39 is 6.61 Å². The molecule has 0 aromatic heterocycles. The number of nitrogens with one attached hydrogen (secondary N) is 1. The molecule has 0 radical (unpaired) electrons. The first-order chi connectivity index (χ1) is 8.54. The zero-order chi connectivity index (χ0) is 13.5. The van der Waals surface area contributed by atoms with Crippen LogP contribution in [0.5, 0.6) is 5.75 Å². The number of amides is 1. The molecule has 1 unspecified atom stereocenters. The van der Waals surface area contributed by atoms with E-state index in [-0.39, 0.29) is 23.3 Å². The molecule has 1 aromatic carbocycles. The van der Waals surface area contributed by atoms with E-state index in [0.717, 1.165) is 12.8 Å². The number of anilines is 1. The summed E-state index contributed by atoms with van der Waals surface area (Å²) in [6.07, 6.45) is 1.65. The van der Waals surface area contributed by atoms with E-state index in [1.54, 1.807) is 19.1 Å². The van der Waals surface area contributed by atoms with E-state index in [1.807, 2.05) is 6.92 Å². The Hall–Kier alpha value is -1.65. The summed E-state index contributed by atoms with van der Waals surface area (Å²) in [7, 11) is 0. The van der Waals surface area contributed by atoms with Crippen molar-refractivity contribution in [2.45, 2.75) is 33.3 Å². The Morgan fingerprint density at radius 2 is 2.06 bits per heavy atom. The van der Waals surface area contributed by atoms with Crippen LogP contribution < -0.4 is 10.1 Å². The summed E-state index contributed by atoms with van der Waals surface area (Å²) in [4.78, 5) is 11.8. The average Bonchev–Trinajstić information content (AvgIpc) is 2.31. The van der Waals surface area contributed by atoms with Gasteiger partial charge in [-0.05, 0) is 18.6 Å². The van der Waals surface area contributed by atoms with Crippen LogP contribution >= 0.6 is 0 Å². The largest absolute Gasteiger partial charge is 0.433 e. The summed E-state index contributed by atoms with van der Waals surface area (Å²) in [5.41, 5.74) is 0.269. The van der Waals surface area contributed by atoms with E-state index in [1.165, 1.54) is 12.1 Å². The molecule has 1 N–H and O–H groups in total. The van der Waals surface area contributed by atoms with Crippen molar-refractivity contribution in [3.63, 3.8) is 0 Å². The monoisotopic (exact) mass is 257 g/mol. The summed E-state index contributed by atoms with van der Waals surface area (Å²) >= 11 is 0. The average molecular weight is 257 g/mol. The molecule has 1 amide bonds. The molecule has 0 saturated heterocycles. The lowest BCUT2D eigenvalue weighted by Gasteiger charge is -2.14. The molecule has 0 saturated carbocycles. The van der Waals surface area contributed by atoms with Crippen molar-refractivity contribution >= 4 is 11.6 Å². The number of carbonyl (C=O) groups excluding carboxylic acids is 1. The summed E-state index contributed by atoms with van der Waals surface area (Å²) in [5.74, 6) is -0.374. The smallest absolute Gasteiger partial charge is 0.387 e. The van der Waals surface area contributed by atoms with Gasteiger partial charge in [-0.3, -0.25) is 4.79 Å². The zero-order valence-corrected chi connectivity index (χ0v) is 10.5. The molecule has 1 rings (SSSR count). The Balaban J connectivity index is 2.74. The molecule has 0 aliphatic heterocycles. The number of para-hydroxylation sites is 2. The molecule has 0 spiro atoms. The third kappa shape index (κ3) is 4.31. The molecular formula is C13H17F2NO2. The van der Waals surface area contributed by atoms with Crippen LogP contribution in [0.3, 0.4) is 0 Å². The van der Waals surface area contributed by atoms with Crippen molar-refractivity contribution in [2.24, 2.45) is 5.92 Å². The first-order valence-corrected chi connectivity index (χ1v) is 5.89. The number of alkyl halides is 2. The Kier molecular flexibility index (Phi) is 5.55. The molecule has 5 heteroatoms. The van der Waals surface area contributed by atoms with Gasteiger partial charge in [-0.1, -0.05) is 32.4 Å². The first kappa shape index (κ1) is 14.4. The molecule has 0 bridgehead atoms. The van der Waals surface area contributed by atoms with Crippen LogP contribution in [0.2, 0.25) is 0 Å². The van der Waals surface area contributed by atoms with E-state index in [2.05, 4.69) is 10.1 Å². The Morgan fingerprint density at radius 1 is 1.39 bits per heavy atom. The van der Waals surface area contributed by atoms with Crippen molar-refractivity contribution in [2.75, 3.05) is 5.32 Å². The van der Waals surface area contributed by atoms with E-state index in [4.69, 9.17) is 0 Å². The second-order valence-electron chi connectivity index (χ2n) is 4.05. The molecule has 0 heterocycles. The lowest BCUT2D eigenvalue weighted by molar-refractivity contribution is -0.119. The lowest BCUT2D eigenvalue weighted by atomic mass is 10.1. The van der Waals surface area contributed by atoms with Crippen LogP contribution in [0.1, 0.15) is 26.7 Å². The highest BCUT2D eigenvalue weighted by atomic mass is 19.3. The minimum atomic E-state index is -2.91. The fourth-order valence-corrected chi connectivity index (χ4v) is 1.59. The van der Waals surface area contributed by atoms with Crippen LogP contribution in [-0.2, 0) is 4.79 Å². The highest BCUT2D eigenvalue weighted by Crippen LogP contribution is 2.26. The van der Waals surface area contributed by atoms with Gasteiger partial charge in [0.15, 0.2) is 0 Å². The molecule has 0 aliphatic rings. The number of halogens is 2.